The Morgan fingerprint density at radius 2 is 1.90 bits per heavy atom. The van der Waals surface area contributed by atoms with Gasteiger partial charge in [-0.05, 0) is 58.4 Å². The second kappa shape index (κ2) is 8.78. The van der Waals surface area contributed by atoms with E-state index in [1.54, 1.807) is 12.3 Å². The number of para-hydroxylation sites is 1. The van der Waals surface area contributed by atoms with Crippen molar-refractivity contribution in [2.75, 3.05) is 18.4 Å². The van der Waals surface area contributed by atoms with E-state index in [9.17, 15) is 9.59 Å². The van der Waals surface area contributed by atoms with Crippen LogP contribution in [0, 0.1) is 5.92 Å². The van der Waals surface area contributed by atoms with E-state index in [1.807, 2.05) is 29.3 Å². The molecule has 150 valence electrons. The molecule has 0 spiro atoms. The first-order valence-electron chi connectivity index (χ1n) is 9.84. The Kier molecular flexibility index (Phi) is 5.94. The number of amides is 2. The molecular weight excluding hydrogens is 432 g/mol. The van der Waals surface area contributed by atoms with E-state index in [1.165, 1.54) is 5.39 Å². The van der Waals surface area contributed by atoms with Gasteiger partial charge >= 0.3 is 0 Å². The Morgan fingerprint density at radius 3 is 2.66 bits per heavy atom. The van der Waals surface area contributed by atoms with Gasteiger partial charge in [0.15, 0.2) is 0 Å². The van der Waals surface area contributed by atoms with E-state index in [4.69, 9.17) is 0 Å². The first kappa shape index (κ1) is 19.6. The van der Waals surface area contributed by atoms with Gasteiger partial charge in [0.2, 0.25) is 11.8 Å². The van der Waals surface area contributed by atoms with E-state index in [2.05, 4.69) is 49.0 Å². The molecule has 29 heavy (non-hydrogen) atoms. The average Bonchev–Trinajstić information content (AvgIpc) is 3.17. The molecule has 6 nitrogen and oxygen atoms in total. The van der Waals surface area contributed by atoms with Crippen LogP contribution in [0.15, 0.2) is 59.3 Å². The zero-order chi connectivity index (χ0) is 20.2. The van der Waals surface area contributed by atoms with E-state index in [-0.39, 0.29) is 17.7 Å². The Bertz CT molecular complexity index is 1010. The minimum atomic E-state index is -0.0853. The van der Waals surface area contributed by atoms with Gasteiger partial charge in [-0.1, -0.05) is 18.2 Å². The van der Waals surface area contributed by atoms with Crippen LogP contribution in [0.5, 0.6) is 0 Å². The molecule has 1 saturated heterocycles. The number of pyridine rings is 1. The number of nitrogens with zero attached hydrogens (tertiary/aromatic N) is 3. The van der Waals surface area contributed by atoms with Crippen LogP contribution in [-0.4, -0.2) is 39.4 Å². The van der Waals surface area contributed by atoms with Crippen LogP contribution < -0.4 is 5.32 Å². The number of hydrogen-bond acceptors (Lipinski definition) is 3. The van der Waals surface area contributed by atoms with Gasteiger partial charge in [-0.3, -0.25) is 9.59 Å². The van der Waals surface area contributed by atoms with Crippen molar-refractivity contribution in [3.63, 3.8) is 0 Å². The maximum Gasteiger partial charge on any atom is 0.228 e. The van der Waals surface area contributed by atoms with Crippen molar-refractivity contribution in [2.45, 2.75) is 25.8 Å². The van der Waals surface area contributed by atoms with Crippen molar-refractivity contribution >= 4 is 44.5 Å². The number of aromatic nitrogens is 2. The smallest absolute Gasteiger partial charge is 0.228 e. The number of halogens is 1. The molecule has 0 bridgehead atoms. The minimum absolute atomic E-state index is 0.0225. The van der Waals surface area contributed by atoms with Gasteiger partial charge in [0.1, 0.15) is 5.82 Å². The van der Waals surface area contributed by atoms with E-state index in [0.717, 1.165) is 9.99 Å². The maximum atomic E-state index is 12.6. The first-order valence-corrected chi connectivity index (χ1v) is 10.6. The number of carbonyl (C=O) groups excluding carboxylic acids is 2. The standard InChI is InChI=1S/C22H23BrN4O2/c23-18-5-6-20(24-15-18)25-22(29)17-8-12-27(13-9-17)21(28)10-14-26-11-7-16-3-1-2-4-19(16)26/h1-7,11,15,17H,8-10,12-14H2,(H,24,25,29). The van der Waals surface area contributed by atoms with Crippen LogP contribution in [0.25, 0.3) is 10.9 Å². The minimum Gasteiger partial charge on any atom is -0.347 e. The Balaban J connectivity index is 1.26. The fourth-order valence-electron chi connectivity index (χ4n) is 3.78. The molecule has 0 aliphatic carbocycles. The SMILES string of the molecule is O=C(Nc1ccc(Br)cn1)C1CCN(C(=O)CCn2ccc3ccccc32)CC1. The highest BCUT2D eigenvalue weighted by Gasteiger charge is 2.27. The molecule has 3 aromatic rings. The molecule has 2 aromatic heterocycles. The summed E-state index contributed by atoms with van der Waals surface area (Å²) in [6.07, 6.45) is 5.52. The molecule has 4 rings (SSSR count). The quantitative estimate of drug-likeness (QED) is 0.631. The summed E-state index contributed by atoms with van der Waals surface area (Å²) in [7, 11) is 0. The third-order valence-electron chi connectivity index (χ3n) is 5.44. The summed E-state index contributed by atoms with van der Waals surface area (Å²) in [5.41, 5.74) is 1.15. The first-order chi connectivity index (χ1) is 14.1. The number of benzene rings is 1. The summed E-state index contributed by atoms with van der Waals surface area (Å²) in [5.74, 6) is 0.593. The lowest BCUT2D eigenvalue weighted by Crippen LogP contribution is -2.41. The molecular formula is C22H23BrN4O2. The highest BCUT2D eigenvalue weighted by Crippen LogP contribution is 2.21. The number of hydrogen-bond donors (Lipinski definition) is 1. The van der Waals surface area contributed by atoms with Gasteiger partial charge in [0.05, 0.1) is 0 Å². The van der Waals surface area contributed by atoms with Crippen LogP contribution in [0.1, 0.15) is 19.3 Å². The van der Waals surface area contributed by atoms with Gasteiger partial charge in [0, 0.05) is 54.4 Å². The molecule has 1 aromatic carbocycles. The number of likely N-dealkylation sites (tertiary alicyclic amines) is 1. The molecule has 0 atom stereocenters. The van der Waals surface area contributed by atoms with E-state index < -0.39 is 0 Å². The Labute approximate surface area is 178 Å². The van der Waals surface area contributed by atoms with Gasteiger partial charge < -0.3 is 14.8 Å². The number of nitrogens with one attached hydrogen (secondary N) is 1. The van der Waals surface area contributed by atoms with Crippen molar-refractivity contribution in [1.29, 1.82) is 0 Å². The van der Waals surface area contributed by atoms with Crippen LogP contribution >= 0.6 is 15.9 Å². The fraction of sp³-hybridized carbons (Fsp3) is 0.318. The Morgan fingerprint density at radius 1 is 1.10 bits per heavy atom. The highest BCUT2D eigenvalue weighted by molar-refractivity contribution is 9.10. The highest BCUT2D eigenvalue weighted by atomic mass is 79.9. The molecule has 1 aliphatic heterocycles. The lowest BCUT2D eigenvalue weighted by molar-refractivity contribution is -0.134. The number of carbonyl (C=O) groups is 2. The number of fused-ring (bicyclic) bond motifs is 1. The molecule has 1 aliphatic rings. The fourth-order valence-corrected chi connectivity index (χ4v) is 4.01. The molecule has 3 heterocycles. The van der Waals surface area contributed by atoms with Gasteiger partial charge in [-0.2, -0.15) is 0 Å². The molecule has 0 saturated carbocycles. The van der Waals surface area contributed by atoms with Crippen molar-refractivity contribution in [3.8, 4) is 0 Å². The van der Waals surface area contributed by atoms with E-state index >= 15 is 0 Å². The van der Waals surface area contributed by atoms with Gasteiger partial charge in [0.25, 0.3) is 0 Å². The monoisotopic (exact) mass is 454 g/mol. The van der Waals surface area contributed by atoms with Crippen molar-refractivity contribution in [1.82, 2.24) is 14.5 Å². The maximum absolute atomic E-state index is 12.6. The summed E-state index contributed by atoms with van der Waals surface area (Å²) >= 11 is 3.33. The van der Waals surface area contributed by atoms with Gasteiger partial charge in [-0.15, -0.1) is 0 Å². The number of piperidine rings is 1. The predicted molar refractivity (Wildman–Crippen MR) is 116 cm³/mol. The zero-order valence-electron chi connectivity index (χ0n) is 16.1. The zero-order valence-corrected chi connectivity index (χ0v) is 17.6. The average molecular weight is 455 g/mol. The lowest BCUT2D eigenvalue weighted by Gasteiger charge is -2.31. The van der Waals surface area contributed by atoms with Crippen molar-refractivity contribution in [2.24, 2.45) is 5.92 Å². The molecule has 0 unspecified atom stereocenters. The lowest BCUT2D eigenvalue weighted by atomic mass is 9.95. The molecule has 1 fully saturated rings. The normalized spacial score (nSPS) is 14.9. The van der Waals surface area contributed by atoms with Crippen LogP contribution in [0.2, 0.25) is 0 Å². The Hall–Kier alpha value is -2.67. The molecule has 7 heteroatoms. The molecule has 1 N–H and O–H groups in total. The third-order valence-corrected chi connectivity index (χ3v) is 5.91. The van der Waals surface area contributed by atoms with Crippen LogP contribution in [-0.2, 0) is 16.1 Å². The topological polar surface area (TPSA) is 67.2 Å². The second-order valence-corrected chi connectivity index (χ2v) is 8.24. The van der Waals surface area contributed by atoms with E-state index in [0.29, 0.717) is 44.7 Å². The molecule has 0 radical (unpaired) electrons. The van der Waals surface area contributed by atoms with Crippen molar-refractivity contribution in [3.05, 3.63) is 59.3 Å². The second-order valence-electron chi connectivity index (χ2n) is 7.32. The van der Waals surface area contributed by atoms with Crippen molar-refractivity contribution < 1.29 is 9.59 Å². The summed E-state index contributed by atoms with van der Waals surface area (Å²) < 4.78 is 2.99. The van der Waals surface area contributed by atoms with Gasteiger partial charge in [-0.25, -0.2) is 4.98 Å². The largest absolute Gasteiger partial charge is 0.347 e. The number of rotatable bonds is 5. The summed E-state index contributed by atoms with van der Waals surface area (Å²) in [5, 5.41) is 4.05. The van der Waals surface area contributed by atoms with Crippen LogP contribution in [0.4, 0.5) is 5.82 Å². The predicted octanol–water partition coefficient (Wildman–Crippen LogP) is 4.07. The molecule has 2 amide bonds. The van der Waals surface area contributed by atoms with Crippen LogP contribution in [0.3, 0.4) is 0 Å². The summed E-state index contributed by atoms with van der Waals surface area (Å²) in [4.78, 5) is 31.2. The number of aryl methyl sites for hydroxylation is 1. The summed E-state index contributed by atoms with van der Waals surface area (Å²) in [6.45, 7) is 1.91. The third kappa shape index (κ3) is 4.67. The summed E-state index contributed by atoms with van der Waals surface area (Å²) in [6, 6.07) is 13.9. The number of anilines is 1.